The van der Waals surface area contributed by atoms with Gasteiger partial charge in [-0.05, 0) is 68.3 Å². The van der Waals surface area contributed by atoms with E-state index >= 15 is 0 Å². The zero-order valence-corrected chi connectivity index (χ0v) is 23.4. The molecule has 4 aromatic rings. The Morgan fingerprint density at radius 1 is 0.816 bits per heavy atom. The third kappa shape index (κ3) is 3.58. The van der Waals surface area contributed by atoms with Crippen molar-refractivity contribution < 1.29 is 4.58 Å². The lowest BCUT2D eigenvalue weighted by molar-refractivity contribution is -0.399. The molecule has 2 nitrogen and oxygen atoms in total. The number of nitrogens with zero attached hydrogens (tertiary/aromatic N) is 2. The van der Waals surface area contributed by atoms with E-state index in [0.29, 0.717) is 0 Å². The lowest BCUT2D eigenvalue weighted by Gasteiger charge is -2.29. The SMILES string of the molecule is Cc1cccc2c1N(C)/C(=C/C=C/C1=[N+](C)c3c(ccc4ccccc34)C1(C)C)C2(C)Cc1ccccc1. The Labute approximate surface area is 227 Å². The molecule has 0 bridgehead atoms. The molecule has 0 N–H and O–H groups in total. The molecule has 0 amide bonds. The van der Waals surface area contributed by atoms with Gasteiger partial charge in [-0.1, -0.05) is 84.9 Å². The number of rotatable bonds is 4. The normalized spacial score (nSPS) is 21.1. The van der Waals surface area contributed by atoms with Gasteiger partial charge in [-0.2, -0.15) is 4.58 Å². The second-order valence-corrected chi connectivity index (χ2v) is 11.7. The fraction of sp³-hybridized carbons (Fsp3) is 0.250. The van der Waals surface area contributed by atoms with Crippen molar-refractivity contribution in [3.63, 3.8) is 0 Å². The average molecular weight is 498 g/mol. The van der Waals surface area contributed by atoms with Gasteiger partial charge in [0, 0.05) is 35.5 Å². The largest absolute Gasteiger partial charge is 0.347 e. The summed E-state index contributed by atoms with van der Waals surface area (Å²) in [6.45, 7) is 9.32. The quantitative estimate of drug-likeness (QED) is 0.257. The molecule has 0 aromatic heterocycles. The maximum absolute atomic E-state index is 2.41. The topological polar surface area (TPSA) is 6.25 Å². The zero-order chi connectivity index (χ0) is 26.7. The summed E-state index contributed by atoms with van der Waals surface area (Å²) in [7, 11) is 4.44. The molecule has 0 saturated heterocycles. The number of allylic oxidation sites excluding steroid dienone is 4. The molecule has 6 rings (SSSR count). The van der Waals surface area contributed by atoms with Crippen molar-refractivity contribution in [3.8, 4) is 0 Å². The second kappa shape index (κ2) is 8.84. The maximum Gasteiger partial charge on any atom is 0.217 e. The van der Waals surface area contributed by atoms with Gasteiger partial charge in [-0.25, -0.2) is 0 Å². The van der Waals surface area contributed by atoms with Gasteiger partial charge in [0.25, 0.3) is 0 Å². The molecule has 0 spiro atoms. The van der Waals surface area contributed by atoms with Crippen molar-refractivity contribution in [2.75, 3.05) is 19.0 Å². The summed E-state index contributed by atoms with van der Waals surface area (Å²) in [5.74, 6) is 0. The van der Waals surface area contributed by atoms with E-state index < -0.39 is 0 Å². The molecule has 38 heavy (non-hydrogen) atoms. The van der Waals surface area contributed by atoms with Crippen LogP contribution in [0.4, 0.5) is 11.4 Å². The van der Waals surface area contributed by atoms with Crippen molar-refractivity contribution in [1.82, 2.24) is 0 Å². The predicted octanol–water partition coefficient (Wildman–Crippen LogP) is 8.24. The predicted molar refractivity (Wildman–Crippen MR) is 162 cm³/mol. The molecular weight excluding hydrogens is 460 g/mol. The number of anilines is 1. The number of hydrogen-bond donors (Lipinski definition) is 0. The van der Waals surface area contributed by atoms with E-state index in [4.69, 9.17) is 0 Å². The average Bonchev–Trinajstić information content (AvgIpc) is 3.24. The van der Waals surface area contributed by atoms with E-state index in [0.717, 1.165) is 6.42 Å². The molecular formula is C36H37N2+. The fourth-order valence-corrected chi connectivity index (χ4v) is 7.01. The van der Waals surface area contributed by atoms with Crippen LogP contribution in [0, 0.1) is 6.92 Å². The van der Waals surface area contributed by atoms with E-state index in [2.05, 4.69) is 154 Å². The number of para-hydroxylation sites is 1. The summed E-state index contributed by atoms with van der Waals surface area (Å²) >= 11 is 0. The van der Waals surface area contributed by atoms with Crippen LogP contribution in [0.25, 0.3) is 10.8 Å². The van der Waals surface area contributed by atoms with Crippen molar-refractivity contribution in [3.05, 3.63) is 131 Å². The first kappa shape index (κ1) is 24.4. The number of likely N-dealkylation sites (N-methyl/N-ethyl adjacent to an activating group) is 1. The minimum absolute atomic E-state index is 0.0718. The Kier molecular flexibility index (Phi) is 5.68. The summed E-state index contributed by atoms with van der Waals surface area (Å²) in [6, 6.07) is 30.9. The van der Waals surface area contributed by atoms with Crippen LogP contribution in [0.2, 0.25) is 0 Å². The van der Waals surface area contributed by atoms with E-state index in [9.17, 15) is 0 Å². The first-order valence-corrected chi connectivity index (χ1v) is 13.6. The summed E-state index contributed by atoms with van der Waals surface area (Å²) in [5, 5.41) is 2.61. The zero-order valence-electron chi connectivity index (χ0n) is 23.4. The Balaban J connectivity index is 1.44. The smallest absolute Gasteiger partial charge is 0.217 e. The van der Waals surface area contributed by atoms with Gasteiger partial charge < -0.3 is 4.90 Å². The molecule has 2 heteroatoms. The molecule has 190 valence electrons. The van der Waals surface area contributed by atoms with Crippen LogP contribution in [0.5, 0.6) is 0 Å². The van der Waals surface area contributed by atoms with Crippen molar-refractivity contribution in [1.29, 1.82) is 0 Å². The fourth-order valence-electron chi connectivity index (χ4n) is 7.01. The second-order valence-electron chi connectivity index (χ2n) is 11.7. The number of fused-ring (bicyclic) bond motifs is 4. The van der Waals surface area contributed by atoms with Crippen LogP contribution < -0.4 is 4.90 Å². The molecule has 2 aliphatic heterocycles. The highest BCUT2D eigenvalue weighted by Crippen LogP contribution is 2.50. The maximum atomic E-state index is 2.41. The minimum Gasteiger partial charge on any atom is -0.347 e. The molecule has 0 saturated carbocycles. The third-order valence-electron chi connectivity index (χ3n) is 8.91. The highest BCUT2D eigenvalue weighted by Gasteiger charge is 2.45. The summed E-state index contributed by atoms with van der Waals surface area (Å²) < 4.78 is 2.40. The number of hydrogen-bond acceptors (Lipinski definition) is 1. The van der Waals surface area contributed by atoms with Crippen LogP contribution in [-0.4, -0.2) is 24.4 Å². The van der Waals surface area contributed by atoms with Gasteiger partial charge in [-0.15, -0.1) is 0 Å². The monoisotopic (exact) mass is 497 g/mol. The van der Waals surface area contributed by atoms with E-state index in [1.165, 1.54) is 55.8 Å². The standard InChI is InChI=1S/C36H37N2/c1-25-14-12-19-30-33(25)38(6)32(36(30,4)24-26-15-8-7-9-16-26)21-13-20-31-35(2,3)29-23-22-27-17-10-11-18-28(27)34(29)37(31)5/h7-23H,24H2,1-6H3/q+1. The first-order valence-electron chi connectivity index (χ1n) is 13.6. The summed E-state index contributed by atoms with van der Waals surface area (Å²) in [6.07, 6.45) is 7.92. The molecule has 1 unspecified atom stereocenters. The summed E-state index contributed by atoms with van der Waals surface area (Å²) in [5.41, 5.74) is 10.6. The van der Waals surface area contributed by atoms with Crippen LogP contribution in [0.1, 0.15) is 43.0 Å². The Morgan fingerprint density at radius 2 is 1.55 bits per heavy atom. The van der Waals surface area contributed by atoms with E-state index in [1.54, 1.807) is 0 Å². The summed E-state index contributed by atoms with van der Waals surface area (Å²) in [4.78, 5) is 2.41. The highest BCUT2D eigenvalue weighted by molar-refractivity contribution is 6.07. The van der Waals surface area contributed by atoms with Gasteiger partial charge in [-0.3, -0.25) is 0 Å². The first-order chi connectivity index (χ1) is 18.2. The lowest BCUT2D eigenvalue weighted by Crippen LogP contribution is -2.29. The molecule has 2 aliphatic rings. The molecule has 1 atom stereocenters. The third-order valence-corrected chi connectivity index (χ3v) is 8.91. The van der Waals surface area contributed by atoms with Crippen molar-refractivity contribution >= 4 is 27.9 Å². The van der Waals surface area contributed by atoms with Gasteiger partial charge in [0.1, 0.15) is 7.05 Å². The Morgan fingerprint density at radius 3 is 2.34 bits per heavy atom. The van der Waals surface area contributed by atoms with Gasteiger partial charge in [0.15, 0.2) is 5.71 Å². The molecule has 4 aromatic carbocycles. The minimum atomic E-state index is -0.108. The number of aryl methyl sites for hydroxylation is 1. The molecule has 0 aliphatic carbocycles. The van der Waals surface area contributed by atoms with E-state index in [1.807, 2.05) is 0 Å². The highest BCUT2D eigenvalue weighted by atomic mass is 15.2. The number of benzene rings is 4. The van der Waals surface area contributed by atoms with Crippen LogP contribution in [0.15, 0.2) is 109 Å². The van der Waals surface area contributed by atoms with E-state index in [-0.39, 0.29) is 10.8 Å². The molecule has 2 heterocycles. The van der Waals surface area contributed by atoms with Crippen molar-refractivity contribution in [2.45, 2.75) is 44.9 Å². The molecule has 0 radical (unpaired) electrons. The molecule has 0 fully saturated rings. The Hall–Kier alpha value is -3.91. The van der Waals surface area contributed by atoms with Gasteiger partial charge >= 0.3 is 0 Å². The van der Waals surface area contributed by atoms with Gasteiger partial charge in [0.2, 0.25) is 5.69 Å². The van der Waals surface area contributed by atoms with Crippen molar-refractivity contribution in [2.24, 2.45) is 0 Å². The Bertz CT molecular complexity index is 1650. The van der Waals surface area contributed by atoms with Crippen LogP contribution >= 0.6 is 0 Å². The van der Waals surface area contributed by atoms with Crippen LogP contribution in [0.3, 0.4) is 0 Å². The van der Waals surface area contributed by atoms with Gasteiger partial charge in [0.05, 0.1) is 10.8 Å². The lowest BCUT2D eigenvalue weighted by atomic mass is 9.76. The van der Waals surface area contributed by atoms with Crippen LogP contribution in [-0.2, 0) is 17.3 Å².